The lowest BCUT2D eigenvalue weighted by atomic mass is 9.40. The Morgan fingerprint density at radius 3 is 2.16 bits per heavy atom. The highest BCUT2D eigenvalue weighted by Crippen LogP contribution is 2.69. The lowest BCUT2D eigenvalue weighted by Crippen LogP contribution is -2.80. The van der Waals surface area contributed by atoms with E-state index in [1.807, 2.05) is 0 Å². The lowest BCUT2D eigenvalue weighted by Gasteiger charge is -2.68. The van der Waals surface area contributed by atoms with Gasteiger partial charge in [0.15, 0.2) is 36.3 Å². The number of amides is 1. The van der Waals surface area contributed by atoms with Crippen molar-refractivity contribution in [1.29, 1.82) is 0 Å². The molecule has 0 aromatic heterocycles. The summed E-state index contributed by atoms with van der Waals surface area (Å²) in [5.74, 6) is -6.96. The van der Waals surface area contributed by atoms with E-state index in [-0.39, 0.29) is 41.9 Å². The van der Waals surface area contributed by atoms with Crippen molar-refractivity contribution in [1.82, 2.24) is 5.32 Å². The molecule has 0 radical (unpaired) electrons. The van der Waals surface area contributed by atoms with Gasteiger partial charge in [0.2, 0.25) is 5.60 Å². The number of ketones is 1. The van der Waals surface area contributed by atoms with Crippen molar-refractivity contribution >= 4 is 41.9 Å². The first-order valence-electron chi connectivity index (χ1n) is 21.1. The Morgan fingerprint density at radius 2 is 1.61 bits per heavy atom. The molecule has 12 atom stereocenters. The average Bonchev–Trinajstić information content (AvgIpc) is 3.52. The minimum Gasteiger partial charge on any atom is -0.458 e. The molecule has 1 spiro atoms. The van der Waals surface area contributed by atoms with E-state index in [1.54, 1.807) is 66.7 Å². The second kappa shape index (κ2) is 16.3. The molecule has 4 aliphatic carbocycles. The van der Waals surface area contributed by atoms with Crippen molar-refractivity contribution in [2.24, 2.45) is 28.6 Å². The van der Waals surface area contributed by atoms with Gasteiger partial charge in [0, 0.05) is 25.2 Å². The van der Waals surface area contributed by atoms with Crippen LogP contribution in [0, 0.1) is 28.6 Å². The molecule has 1 aromatic rings. The highest BCUT2D eigenvalue weighted by atomic mass is 16.8. The van der Waals surface area contributed by atoms with Crippen molar-refractivity contribution in [2.75, 3.05) is 0 Å². The predicted octanol–water partition coefficient (Wildman–Crippen LogP) is 4.67. The molecule has 4 fully saturated rings. The number of nitrogens with one attached hydrogen (secondary N) is 1. The Balaban J connectivity index is 1.61. The normalized spacial score (nSPS) is 34.2. The number of carbonyl (C=O) groups is 7. The Morgan fingerprint density at radius 1 is 0.968 bits per heavy atom. The third-order valence-electron chi connectivity index (χ3n) is 13.5. The maximum absolute atomic E-state index is 15.6. The first-order valence-corrected chi connectivity index (χ1v) is 21.1. The summed E-state index contributed by atoms with van der Waals surface area (Å²) in [6.45, 7) is 16.9. The Kier molecular flexibility index (Phi) is 12.2. The van der Waals surface area contributed by atoms with Crippen LogP contribution in [0.15, 0.2) is 41.5 Å². The Hall–Kier alpha value is -5.03. The number of hydrogen-bond donors (Lipinski definition) is 3. The number of carbonyl (C=O) groups excluding carboxylic acids is 7. The van der Waals surface area contributed by atoms with Crippen molar-refractivity contribution in [2.45, 2.75) is 161 Å². The molecule has 17 nitrogen and oxygen atoms in total. The first kappa shape index (κ1) is 46.5. The van der Waals surface area contributed by atoms with Crippen molar-refractivity contribution in [3.05, 3.63) is 47.0 Å². The second-order valence-electron chi connectivity index (χ2n) is 19.4. The lowest BCUT2D eigenvalue weighted by molar-refractivity contribution is -0.296. The summed E-state index contributed by atoms with van der Waals surface area (Å²) in [6.07, 6.45) is -12.2. The highest BCUT2D eigenvalue weighted by Gasteiger charge is 2.82. The third kappa shape index (κ3) is 7.62. The molecule has 5 aliphatic rings. The van der Waals surface area contributed by atoms with E-state index in [0.717, 1.165) is 6.92 Å². The van der Waals surface area contributed by atoms with Gasteiger partial charge in [-0.2, -0.15) is 0 Å². The SMILES string of the molecule is CC(=O)O[C@H]1C(=O)[C@@]2(C)C([C@H](OC(=O)c3ccccc3)[C@]34OC(=O)O[C@H]3[C@H](OC(=O)[C@H](O)[C@H](CC(C)C)NC(=O)OC(C)(C)C)C(C)=C1C4(C)C)[C@]1(OC(C)=O)CC[C@@H]1C[C@H]2O. The Labute approximate surface area is 360 Å². The first-order chi connectivity index (χ1) is 28.7. The van der Waals surface area contributed by atoms with Crippen LogP contribution in [-0.4, -0.2) is 112 Å². The van der Waals surface area contributed by atoms with Gasteiger partial charge < -0.3 is 48.7 Å². The van der Waals surface area contributed by atoms with E-state index in [9.17, 15) is 39.0 Å². The number of rotatable bonds is 10. The van der Waals surface area contributed by atoms with E-state index in [0.29, 0.717) is 6.42 Å². The van der Waals surface area contributed by atoms with Gasteiger partial charge in [-0.25, -0.2) is 19.2 Å². The molecule has 17 heteroatoms. The highest BCUT2D eigenvalue weighted by molar-refractivity contribution is 5.96. The minimum absolute atomic E-state index is 0.0185. The van der Waals surface area contributed by atoms with E-state index in [1.165, 1.54) is 32.9 Å². The van der Waals surface area contributed by atoms with E-state index in [2.05, 4.69) is 5.32 Å². The zero-order valence-corrected chi connectivity index (χ0v) is 37.1. The number of Topliss-reactive ketones (excluding diaryl/α,β-unsaturated/α-hetero) is 1. The standard InChI is InChI=1S/C45H59NO16/c1-21(2)19-27(46-39(54)61-41(6,7)8)30(50)38(53)57-31-22(3)29-32(56-23(4)47)34(51)43(11)28(49)20-26-17-18-44(26,60-24(5)48)33(43)36(58-37(52)25-15-13-12-14-16-25)45(42(29,9)10)35(31)59-40(55)62-45/h12-16,21,26-28,30-33,35-36,49-50H,17-20H2,1-11H3,(H,46,54)/t26-,27+,28-,30-,31-,32-,33?,35+,36+,43-,44+,45-/m1/s1. The van der Waals surface area contributed by atoms with Crippen LogP contribution in [-0.2, 0) is 52.3 Å². The molecule has 62 heavy (non-hydrogen) atoms. The minimum atomic E-state index is -2.30. The molecule has 3 N–H and O–H groups in total. The van der Waals surface area contributed by atoms with E-state index < -0.39 is 124 Å². The van der Waals surface area contributed by atoms with Gasteiger partial charge >= 0.3 is 36.1 Å². The summed E-state index contributed by atoms with van der Waals surface area (Å²) in [5.41, 5.74) is -8.49. The van der Waals surface area contributed by atoms with Crippen LogP contribution in [0.1, 0.15) is 112 Å². The molecule has 6 rings (SSSR count). The summed E-state index contributed by atoms with van der Waals surface area (Å²) in [6, 6.07) is 6.59. The number of aliphatic hydroxyl groups excluding tert-OH is 2. The number of fused-ring (bicyclic) bond motifs is 4. The predicted molar refractivity (Wildman–Crippen MR) is 215 cm³/mol. The number of ether oxygens (including phenoxy) is 7. The number of esters is 4. The van der Waals surface area contributed by atoms with Crippen LogP contribution in [0.3, 0.4) is 0 Å². The smallest absolute Gasteiger partial charge is 0.458 e. The number of hydrogen-bond acceptors (Lipinski definition) is 16. The van der Waals surface area contributed by atoms with Gasteiger partial charge in [-0.3, -0.25) is 14.4 Å². The fourth-order valence-electron chi connectivity index (χ4n) is 10.9. The van der Waals surface area contributed by atoms with Crippen molar-refractivity contribution < 1.29 is 76.9 Å². The summed E-state index contributed by atoms with van der Waals surface area (Å²) < 4.78 is 42.5. The summed E-state index contributed by atoms with van der Waals surface area (Å²) in [5, 5.41) is 26.4. The van der Waals surface area contributed by atoms with Gasteiger partial charge in [-0.05, 0) is 89.5 Å². The fraction of sp³-hybridized carbons (Fsp3) is 0.667. The molecule has 1 amide bonds. The zero-order chi connectivity index (χ0) is 46.1. The number of benzene rings is 1. The molecule has 1 unspecified atom stereocenters. The van der Waals surface area contributed by atoms with Crippen LogP contribution in [0.4, 0.5) is 9.59 Å². The third-order valence-corrected chi connectivity index (χ3v) is 13.5. The molecular formula is C45H59NO16. The van der Waals surface area contributed by atoms with Gasteiger partial charge in [0.25, 0.3) is 0 Å². The molecule has 1 aromatic carbocycles. The Bertz CT molecular complexity index is 2040. The zero-order valence-electron chi connectivity index (χ0n) is 37.1. The molecule has 1 aliphatic heterocycles. The molecule has 3 saturated carbocycles. The van der Waals surface area contributed by atoms with Gasteiger partial charge in [0.05, 0.1) is 29.0 Å². The van der Waals surface area contributed by atoms with Crippen LogP contribution in [0.5, 0.6) is 0 Å². The van der Waals surface area contributed by atoms with Crippen LogP contribution < -0.4 is 5.32 Å². The second-order valence-corrected chi connectivity index (χ2v) is 19.4. The number of aliphatic hydroxyl groups is 2. The monoisotopic (exact) mass is 869 g/mol. The van der Waals surface area contributed by atoms with Gasteiger partial charge in [0.1, 0.15) is 11.2 Å². The molecule has 2 bridgehead atoms. The summed E-state index contributed by atoms with van der Waals surface area (Å²) in [4.78, 5) is 97.5. The van der Waals surface area contributed by atoms with Crippen LogP contribution >= 0.6 is 0 Å². The van der Waals surface area contributed by atoms with Gasteiger partial charge in [-0.1, -0.05) is 45.9 Å². The molecule has 340 valence electrons. The van der Waals surface area contributed by atoms with E-state index >= 15 is 4.79 Å². The topological polar surface area (TPSA) is 237 Å². The quantitative estimate of drug-likeness (QED) is 0.165. The largest absolute Gasteiger partial charge is 0.509 e. The van der Waals surface area contributed by atoms with Crippen molar-refractivity contribution in [3.8, 4) is 0 Å². The van der Waals surface area contributed by atoms with Crippen LogP contribution in [0.2, 0.25) is 0 Å². The van der Waals surface area contributed by atoms with Gasteiger partial charge in [-0.15, -0.1) is 0 Å². The molecular weight excluding hydrogens is 810 g/mol. The summed E-state index contributed by atoms with van der Waals surface area (Å²) in [7, 11) is 0. The molecule has 1 saturated heterocycles. The maximum atomic E-state index is 15.6. The van der Waals surface area contributed by atoms with Crippen molar-refractivity contribution in [3.63, 3.8) is 0 Å². The maximum Gasteiger partial charge on any atom is 0.509 e. The summed E-state index contributed by atoms with van der Waals surface area (Å²) >= 11 is 0. The molecule has 1 heterocycles. The van der Waals surface area contributed by atoms with Crippen LogP contribution in [0.25, 0.3) is 0 Å². The van der Waals surface area contributed by atoms with E-state index in [4.69, 9.17) is 33.2 Å². The average molecular weight is 870 g/mol. The number of alkyl carbamates (subject to hydrolysis) is 1. The fourth-order valence-corrected chi connectivity index (χ4v) is 10.9.